The highest BCUT2D eigenvalue weighted by molar-refractivity contribution is 7.90. The fourth-order valence-electron chi connectivity index (χ4n) is 5.20. The number of nitrogens with one attached hydrogen (secondary N) is 1. The van der Waals surface area contributed by atoms with Gasteiger partial charge >= 0.3 is 0 Å². The zero-order valence-corrected chi connectivity index (χ0v) is 20.0. The summed E-state index contributed by atoms with van der Waals surface area (Å²) in [5, 5.41) is -0.473. The quantitative estimate of drug-likeness (QED) is 0.740. The standard InChI is InChI=1S/C24H36N2O5S/c1-3-17(2)32(28,29)25-21-8-6-14-26-22(21)15-30-19-12-10-18(11-13-19)20-7-4-5-9-23(20)31-16-24(26)27/h4-5,7,9,17-19,21-22,25H,3,6,8,10-16H2,1-2H3/t17-,18?,19?,21?,22?/m1/s1. The number of nitrogens with zero attached hydrogens (tertiary/aromatic N) is 1. The molecule has 3 aliphatic heterocycles. The Morgan fingerprint density at radius 3 is 2.66 bits per heavy atom. The van der Waals surface area contributed by atoms with Crippen LogP contribution in [-0.4, -0.2) is 62.4 Å². The van der Waals surface area contributed by atoms with E-state index in [1.165, 1.54) is 5.56 Å². The number of piperidine rings is 1. The van der Waals surface area contributed by atoms with Crippen molar-refractivity contribution in [3.63, 3.8) is 0 Å². The van der Waals surface area contributed by atoms with Gasteiger partial charge < -0.3 is 14.4 Å². The summed E-state index contributed by atoms with van der Waals surface area (Å²) in [5.74, 6) is 1.08. The fraction of sp³-hybridized carbons (Fsp3) is 0.708. The molecule has 0 radical (unpaired) electrons. The number of amides is 1. The van der Waals surface area contributed by atoms with Crippen LogP contribution in [0.2, 0.25) is 0 Å². The van der Waals surface area contributed by atoms with Gasteiger partial charge in [0.25, 0.3) is 5.91 Å². The fourth-order valence-corrected chi connectivity index (χ4v) is 6.57. The Morgan fingerprint density at radius 1 is 1.16 bits per heavy atom. The highest BCUT2D eigenvalue weighted by atomic mass is 32.2. The lowest BCUT2D eigenvalue weighted by Crippen LogP contribution is -2.60. The first kappa shape index (κ1) is 23.5. The van der Waals surface area contributed by atoms with Crippen LogP contribution in [0.1, 0.15) is 70.3 Å². The van der Waals surface area contributed by atoms with E-state index in [4.69, 9.17) is 9.47 Å². The molecule has 1 aromatic carbocycles. The molecule has 7 nitrogen and oxygen atoms in total. The first-order valence-corrected chi connectivity index (χ1v) is 13.6. The third-order valence-electron chi connectivity index (χ3n) is 7.41. The highest BCUT2D eigenvalue weighted by Crippen LogP contribution is 2.39. The third kappa shape index (κ3) is 5.13. The van der Waals surface area contributed by atoms with E-state index >= 15 is 0 Å². The number of carbonyl (C=O) groups is 1. The Bertz CT molecular complexity index is 897. The van der Waals surface area contributed by atoms with E-state index in [1.807, 2.05) is 25.1 Å². The van der Waals surface area contributed by atoms with E-state index in [2.05, 4.69) is 10.8 Å². The van der Waals surface area contributed by atoms with Gasteiger partial charge in [-0.2, -0.15) is 0 Å². The minimum absolute atomic E-state index is 0.0471. The molecular weight excluding hydrogens is 428 g/mol. The monoisotopic (exact) mass is 464 g/mol. The molecule has 178 valence electrons. The number of hydrogen-bond acceptors (Lipinski definition) is 5. The zero-order valence-electron chi connectivity index (χ0n) is 19.2. The predicted molar refractivity (Wildman–Crippen MR) is 123 cm³/mol. The van der Waals surface area contributed by atoms with Gasteiger partial charge in [0.15, 0.2) is 6.61 Å². The molecule has 1 amide bonds. The van der Waals surface area contributed by atoms with Crippen molar-refractivity contribution in [1.29, 1.82) is 0 Å². The second-order valence-electron chi connectivity index (χ2n) is 9.42. The number of rotatable bonds is 4. The Labute approximate surface area is 191 Å². The van der Waals surface area contributed by atoms with Crippen molar-refractivity contribution in [3.8, 4) is 5.75 Å². The molecule has 32 heavy (non-hydrogen) atoms. The molecule has 8 heteroatoms. The maximum absolute atomic E-state index is 13.2. The topological polar surface area (TPSA) is 84.9 Å². The van der Waals surface area contributed by atoms with E-state index < -0.39 is 15.3 Å². The molecule has 5 rings (SSSR count). The molecular formula is C24H36N2O5S. The van der Waals surface area contributed by atoms with Gasteiger partial charge in [0.05, 0.1) is 24.0 Å². The summed E-state index contributed by atoms with van der Waals surface area (Å²) in [7, 11) is -3.46. The number of para-hydroxylation sites is 1. The highest BCUT2D eigenvalue weighted by Gasteiger charge is 2.39. The van der Waals surface area contributed by atoms with Crippen LogP contribution >= 0.6 is 0 Å². The third-order valence-corrected chi connectivity index (χ3v) is 9.43. The molecule has 4 aliphatic rings. The van der Waals surface area contributed by atoms with E-state index in [-0.39, 0.29) is 30.7 Å². The minimum Gasteiger partial charge on any atom is -0.483 e. The van der Waals surface area contributed by atoms with Crippen molar-refractivity contribution in [1.82, 2.24) is 9.62 Å². The summed E-state index contributed by atoms with van der Waals surface area (Å²) >= 11 is 0. The molecule has 1 saturated carbocycles. The SMILES string of the molecule is CC[C@@H](C)S(=O)(=O)NC1CCCN2C(=O)COc3ccccc3C3CCC(CC3)OCC12. The maximum Gasteiger partial charge on any atom is 0.260 e. The van der Waals surface area contributed by atoms with Gasteiger partial charge in [-0.05, 0) is 69.4 Å². The lowest BCUT2D eigenvalue weighted by atomic mass is 9.82. The average molecular weight is 465 g/mol. The van der Waals surface area contributed by atoms with Gasteiger partial charge in [0, 0.05) is 12.6 Å². The van der Waals surface area contributed by atoms with Crippen LogP contribution in [0.5, 0.6) is 5.75 Å². The average Bonchev–Trinajstić information content (AvgIpc) is 2.82. The van der Waals surface area contributed by atoms with Crippen LogP contribution in [0.25, 0.3) is 0 Å². The number of carbonyl (C=O) groups excluding carboxylic acids is 1. The van der Waals surface area contributed by atoms with Gasteiger partial charge in [-0.3, -0.25) is 4.79 Å². The van der Waals surface area contributed by atoms with Crippen molar-refractivity contribution in [2.75, 3.05) is 19.8 Å². The molecule has 3 atom stereocenters. The van der Waals surface area contributed by atoms with E-state index in [9.17, 15) is 13.2 Å². The Kier molecular flexibility index (Phi) is 7.42. The Balaban J connectivity index is 1.59. The lowest BCUT2D eigenvalue weighted by molar-refractivity contribution is -0.140. The zero-order chi connectivity index (χ0) is 22.7. The minimum atomic E-state index is -3.46. The Morgan fingerprint density at radius 2 is 1.91 bits per heavy atom. The number of sulfonamides is 1. The van der Waals surface area contributed by atoms with E-state index in [0.29, 0.717) is 31.9 Å². The number of fused-ring (bicyclic) bond motifs is 5. The summed E-state index contributed by atoms with van der Waals surface area (Å²) in [6.07, 6.45) is 6.11. The second kappa shape index (κ2) is 10.1. The van der Waals surface area contributed by atoms with Crippen LogP contribution in [0.3, 0.4) is 0 Å². The van der Waals surface area contributed by atoms with Gasteiger partial charge in [0.2, 0.25) is 10.0 Å². The molecule has 1 aromatic rings. The van der Waals surface area contributed by atoms with Crippen molar-refractivity contribution in [2.45, 2.75) is 88.1 Å². The van der Waals surface area contributed by atoms with Crippen LogP contribution in [0.15, 0.2) is 24.3 Å². The summed E-state index contributed by atoms with van der Waals surface area (Å²) < 4.78 is 40.8. The van der Waals surface area contributed by atoms with Gasteiger partial charge in [-0.1, -0.05) is 25.1 Å². The Hall–Kier alpha value is -1.64. The van der Waals surface area contributed by atoms with Crippen LogP contribution < -0.4 is 9.46 Å². The molecule has 0 aromatic heterocycles. The number of hydrogen-bond donors (Lipinski definition) is 1. The molecule has 1 aliphatic carbocycles. The van der Waals surface area contributed by atoms with E-state index in [0.717, 1.165) is 37.9 Å². The largest absolute Gasteiger partial charge is 0.483 e. The summed E-state index contributed by atoms with van der Waals surface area (Å²) in [6, 6.07) is 7.35. The van der Waals surface area contributed by atoms with Crippen molar-refractivity contribution in [2.24, 2.45) is 0 Å². The van der Waals surface area contributed by atoms with Gasteiger partial charge in [0.1, 0.15) is 5.75 Å². The van der Waals surface area contributed by atoms with Gasteiger partial charge in [-0.25, -0.2) is 13.1 Å². The molecule has 2 bridgehead atoms. The predicted octanol–water partition coefficient (Wildman–Crippen LogP) is 3.20. The normalized spacial score (nSPS) is 30.2. The van der Waals surface area contributed by atoms with Gasteiger partial charge in [-0.15, -0.1) is 0 Å². The first-order valence-electron chi connectivity index (χ1n) is 12.0. The van der Waals surface area contributed by atoms with E-state index in [1.54, 1.807) is 11.8 Å². The summed E-state index contributed by atoms with van der Waals surface area (Å²) in [4.78, 5) is 15.0. The molecule has 2 fully saturated rings. The number of ether oxygens (including phenoxy) is 2. The molecule has 2 unspecified atom stereocenters. The van der Waals surface area contributed by atoms with Crippen molar-refractivity contribution >= 4 is 15.9 Å². The first-order chi connectivity index (χ1) is 15.4. The van der Waals surface area contributed by atoms with Crippen LogP contribution in [-0.2, 0) is 19.6 Å². The maximum atomic E-state index is 13.2. The molecule has 1 saturated heterocycles. The van der Waals surface area contributed by atoms with Crippen molar-refractivity contribution < 1.29 is 22.7 Å². The van der Waals surface area contributed by atoms with Crippen LogP contribution in [0.4, 0.5) is 0 Å². The van der Waals surface area contributed by atoms with Crippen molar-refractivity contribution in [3.05, 3.63) is 29.8 Å². The lowest BCUT2D eigenvalue weighted by Gasteiger charge is -2.42. The summed E-state index contributed by atoms with van der Waals surface area (Å²) in [6.45, 7) is 4.48. The van der Waals surface area contributed by atoms with Crippen LogP contribution in [0, 0.1) is 0 Å². The molecule has 3 heterocycles. The second-order valence-corrected chi connectivity index (χ2v) is 11.5. The number of benzene rings is 1. The molecule has 0 spiro atoms. The summed E-state index contributed by atoms with van der Waals surface area (Å²) in [5.41, 5.74) is 1.17. The molecule has 1 N–H and O–H groups in total. The smallest absolute Gasteiger partial charge is 0.260 e.